The lowest BCUT2D eigenvalue weighted by Crippen LogP contribution is -2.36. The lowest BCUT2D eigenvalue weighted by atomic mass is 9.95. The highest BCUT2D eigenvalue weighted by molar-refractivity contribution is 5.85. The van der Waals surface area contributed by atoms with Gasteiger partial charge in [0.2, 0.25) is 0 Å². The Labute approximate surface area is 107 Å². The summed E-state index contributed by atoms with van der Waals surface area (Å²) >= 11 is 0. The van der Waals surface area contributed by atoms with Gasteiger partial charge in [-0.2, -0.15) is 5.26 Å². The number of hydrogen-bond acceptors (Lipinski definition) is 4. The van der Waals surface area contributed by atoms with E-state index in [1.807, 2.05) is 0 Å². The van der Waals surface area contributed by atoms with Gasteiger partial charge < -0.3 is 15.9 Å². The Bertz CT molecular complexity index is 477. The number of aliphatic hydroxyl groups excluding tert-OH is 1. The number of rotatable bonds is 3. The summed E-state index contributed by atoms with van der Waals surface area (Å²) in [6.07, 6.45) is 0. The van der Waals surface area contributed by atoms with E-state index in [9.17, 15) is 18.3 Å². The van der Waals surface area contributed by atoms with Gasteiger partial charge in [-0.3, -0.25) is 0 Å². The summed E-state index contributed by atoms with van der Waals surface area (Å²) in [5, 5.41) is 26.5. The van der Waals surface area contributed by atoms with E-state index in [1.165, 1.54) is 6.07 Å². The van der Waals surface area contributed by atoms with Gasteiger partial charge in [-0.15, -0.1) is 12.4 Å². The number of phenolic OH excluding ortho intramolecular Hbond substituents is 1. The fourth-order valence-corrected chi connectivity index (χ4v) is 1.30. The van der Waals surface area contributed by atoms with Gasteiger partial charge in [0, 0.05) is 5.56 Å². The molecule has 4 N–H and O–H groups in total. The van der Waals surface area contributed by atoms with E-state index >= 15 is 0 Å². The summed E-state index contributed by atoms with van der Waals surface area (Å²) in [6.45, 7) is -1.57. The van der Waals surface area contributed by atoms with Crippen LogP contribution in [-0.4, -0.2) is 22.7 Å². The van der Waals surface area contributed by atoms with Crippen LogP contribution in [0, 0.1) is 17.1 Å². The van der Waals surface area contributed by atoms with Gasteiger partial charge >= 0.3 is 0 Å². The van der Waals surface area contributed by atoms with E-state index < -0.39 is 35.7 Å². The Morgan fingerprint density at radius 2 is 2.00 bits per heavy atom. The van der Waals surface area contributed by atoms with Crippen LogP contribution in [0.4, 0.5) is 13.2 Å². The van der Waals surface area contributed by atoms with Crippen molar-refractivity contribution in [2.45, 2.75) is 12.0 Å². The lowest BCUT2D eigenvalue weighted by Gasteiger charge is -2.23. The van der Waals surface area contributed by atoms with Gasteiger partial charge in [-0.05, 0) is 12.1 Å². The molecule has 0 saturated carbocycles. The molecule has 0 fully saturated rings. The predicted octanol–water partition coefficient (Wildman–Crippen LogP) is 1.45. The molecule has 1 rings (SSSR count). The molecule has 0 aliphatic rings. The molecule has 0 amide bonds. The van der Waals surface area contributed by atoms with Crippen LogP contribution in [0.3, 0.4) is 0 Å². The van der Waals surface area contributed by atoms with Crippen LogP contribution in [0.15, 0.2) is 12.1 Å². The molecule has 0 spiro atoms. The third kappa shape index (κ3) is 2.85. The number of alkyl halides is 2. The third-order valence-electron chi connectivity index (χ3n) is 2.27. The molecular formula is C10H10ClF3N2O2. The smallest absolute Gasteiger partial charge is 0.289 e. The van der Waals surface area contributed by atoms with E-state index in [4.69, 9.17) is 16.1 Å². The van der Waals surface area contributed by atoms with Crippen molar-refractivity contribution in [1.82, 2.24) is 0 Å². The van der Waals surface area contributed by atoms with Crippen LogP contribution in [-0.2, 0) is 0 Å². The fourth-order valence-electron chi connectivity index (χ4n) is 1.30. The highest BCUT2D eigenvalue weighted by atomic mass is 35.5. The van der Waals surface area contributed by atoms with Crippen molar-refractivity contribution < 1.29 is 23.4 Å². The molecule has 0 saturated heterocycles. The van der Waals surface area contributed by atoms with Gasteiger partial charge in [-0.25, -0.2) is 13.2 Å². The minimum atomic E-state index is -3.77. The van der Waals surface area contributed by atoms with Crippen LogP contribution in [0.25, 0.3) is 0 Å². The lowest BCUT2D eigenvalue weighted by molar-refractivity contribution is -0.0717. The quantitative estimate of drug-likeness (QED) is 0.783. The third-order valence-corrected chi connectivity index (χ3v) is 2.27. The molecule has 8 heteroatoms. The average Bonchev–Trinajstić information content (AvgIpc) is 2.31. The van der Waals surface area contributed by atoms with Gasteiger partial charge in [0.25, 0.3) is 5.92 Å². The van der Waals surface area contributed by atoms with Gasteiger partial charge in [0.15, 0.2) is 11.6 Å². The van der Waals surface area contributed by atoms with Crippen molar-refractivity contribution in [2.24, 2.45) is 5.73 Å². The monoisotopic (exact) mass is 282 g/mol. The first-order valence-electron chi connectivity index (χ1n) is 4.51. The van der Waals surface area contributed by atoms with Crippen LogP contribution >= 0.6 is 12.4 Å². The van der Waals surface area contributed by atoms with Gasteiger partial charge in [0.05, 0.1) is 11.6 Å². The second kappa shape index (κ2) is 5.91. The van der Waals surface area contributed by atoms with Crippen LogP contribution < -0.4 is 5.73 Å². The maximum absolute atomic E-state index is 13.1. The molecular weight excluding hydrogens is 273 g/mol. The number of halogens is 4. The number of nitrogens with two attached hydrogens (primary N) is 1. The number of phenols is 1. The first-order chi connectivity index (χ1) is 7.85. The van der Waals surface area contributed by atoms with Crippen molar-refractivity contribution >= 4 is 12.4 Å². The summed E-state index contributed by atoms with van der Waals surface area (Å²) in [4.78, 5) is 0. The molecule has 0 unspecified atom stereocenters. The SMILES string of the molecule is Cl.N#Cc1ccc(F)c(O)c1[C@H](N)C(F)(F)CO. The highest BCUT2D eigenvalue weighted by Crippen LogP contribution is 2.37. The fraction of sp³-hybridized carbons (Fsp3) is 0.300. The zero-order valence-corrected chi connectivity index (χ0v) is 9.72. The van der Waals surface area contributed by atoms with E-state index in [0.717, 1.165) is 12.1 Å². The molecule has 0 radical (unpaired) electrons. The summed E-state index contributed by atoms with van der Waals surface area (Å²) in [7, 11) is 0. The van der Waals surface area contributed by atoms with Gasteiger partial charge in [-0.1, -0.05) is 0 Å². The van der Waals surface area contributed by atoms with Crippen LogP contribution in [0.2, 0.25) is 0 Å². The number of nitriles is 1. The van der Waals surface area contributed by atoms with Crippen LogP contribution in [0.5, 0.6) is 5.75 Å². The standard InChI is InChI=1S/C10H9F3N2O2.ClH/c11-6-2-1-5(3-14)7(8(6)17)9(15)10(12,13)4-16;/h1-2,9,16-17H,4,15H2;1H/t9-;/m0./s1. The van der Waals surface area contributed by atoms with Crippen molar-refractivity contribution in [1.29, 1.82) is 5.26 Å². The molecule has 1 aromatic carbocycles. The summed E-state index contributed by atoms with van der Waals surface area (Å²) in [5.74, 6) is -6.04. The molecule has 0 bridgehead atoms. The highest BCUT2D eigenvalue weighted by Gasteiger charge is 2.40. The number of aliphatic hydroxyl groups is 1. The molecule has 4 nitrogen and oxygen atoms in total. The first kappa shape index (κ1) is 16.5. The van der Waals surface area contributed by atoms with Gasteiger partial charge in [0.1, 0.15) is 12.6 Å². The van der Waals surface area contributed by atoms with Crippen molar-refractivity contribution in [3.63, 3.8) is 0 Å². The maximum atomic E-state index is 13.1. The Morgan fingerprint density at radius 3 is 2.44 bits per heavy atom. The zero-order chi connectivity index (χ0) is 13.2. The minimum absolute atomic E-state index is 0. The maximum Gasteiger partial charge on any atom is 0.289 e. The Balaban J connectivity index is 0.00000289. The van der Waals surface area contributed by atoms with E-state index in [2.05, 4.69) is 0 Å². The minimum Gasteiger partial charge on any atom is -0.505 e. The van der Waals surface area contributed by atoms with E-state index in [-0.39, 0.29) is 18.0 Å². The van der Waals surface area contributed by atoms with Crippen LogP contribution in [0.1, 0.15) is 17.2 Å². The predicted molar refractivity (Wildman–Crippen MR) is 59.0 cm³/mol. The average molecular weight is 283 g/mol. The van der Waals surface area contributed by atoms with E-state index in [0.29, 0.717) is 0 Å². The van der Waals surface area contributed by atoms with Crippen molar-refractivity contribution in [3.8, 4) is 11.8 Å². The number of benzene rings is 1. The molecule has 0 aromatic heterocycles. The normalized spacial score (nSPS) is 12.4. The number of aromatic hydroxyl groups is 1. The molecule has 0 aliphatic heterocycles. The Kier molecular flexibility index (Phi) is 5.42. The summed E-state index contributed by atoms with van der Waals surface area (Å²) < 4.78 is 39.3. The summed E-state index contributed by atoms with van der Waals surface area (Å²) in [6, 6.07) is 1.04. The largest absolute Gasteiger partial charge is 0.505 e. The second-order valence-corrected chi connectivity index (χ2v) is 3.37. The van der Waals surface area contributed by atoms with Crippen molar-refractivity contribution in [2.75, 3.05) is 6.61 Å². The number of nitrogens with zero attached hydrogens (tertiary/aromatic N) is 1. The summed E-state index contributed by atoms with van der Waals surface area (Å²) in [5.41, 5.74) is 4.05. The number of hydrogen-bond donors (Lipinski definition) is 3. The molecule has 1 atom stereocenters. The van der Waals surface area contributed by atoms with Crippen molar-refractivity contribution in [3.05, 3.63) is 29.1 Å². The topological polar surface area (TPSA) is 90.3 Å². The Morgan fingerprint density at radius 1 is 1.44 bits per heavy atom. The molecule has 100 valence electrons. The second-order valence-electron chi connectivity index (χ2n) is 3.37. The molecule has 0 heterocycles. The molecule has 1 aromatic rings. The van der Waals surface area contributed by atoms with E-state index in [1.54, 1.807) is 0 Å². The first-order valence-corrected chi connectivity index (χ1v) is 4.51. The Hall–Kier alpha value is -1.49. The molecule has 0 aliphatic carbocycles. The zero-order valence-electron chi connectivity index (χ0n) is 8.90. The molecule has 18 heavy (non-hydrogen) atoms.